The molecule has 5 rings (SSSR count). The quantitative estimate of drug-likeness (QED) is 0.773. The van der Waals surface area contributed by atoms with Crippen LogP contribution in [0.3, 0.4) is 0 Å². The maximum absolute atomic E-state index is 6.53. The van der Waals surface area contributed by atoms with E-state index in [1.807, 2.05) is 12.3 Å². The summed E-state index contributed by atoms with van der Waals surface area (Å²) in [6.45, 7) is 0.822. The lowest BCUT2D eigenvalue weighted by Gasteiger charge is -2.50. The number of allylic oxidation sites excluding steroid dienone is 4. The number of hydrogen-bond donors (Lipinski definition) is 1. The molecule has 4 heteroatoms. The highest BCUT2D eigenvalue weighted by Crippen LogP contribution is 2.50. The Labute approximate surface area is 174 Å². The first kappa shape index (κ1) is 19.1. The third kappa shape index (κ3) is 3.27. The van der Waals surface area contributed by atoms with Gasteiger partial charge < -0.3 is 14.6 Å². The Bertz CT molecular complexity index is 944. The highest BCUT2D eigenvalue weighted by molar-refractivity contribution is 5.82. The largest absolute Gasteiger partial charge is 0.368 e. The van der Waals surface area contributed by atoms with Gasteiger partial charge in [0.25, 0.3) is 0 Å². The van der Waals surface area contributed by atoms with Gasteiger partial charge in [0.05, 0.1) is 12.3 Å². The average molecular weight is 392 g/mol. The zero-order valence-corrected chi connectivity index (χ0v) is 17.8. The number of aromatic nitrogens is 2. The number of pyridine rings is 1. The first-order valence-electron chi connectivity index (χ1n) is 11.2. The zero-order chi connectivity index (χ0) is 19.9. The highest BCUT2D eigenvalue weighted by atomic mass is 16.5. The Balaban J connectivity index is 1.38. The number of rotatable bonds is 4. The second-order valence-electron chi connectivity index (χ2n) is 9.38. The van der Waals surface area contributed by atoms with E-state index in [-0.39, 0.29) is 11.1 Å². The lowest BCUT2D eigenvalue weighted by Crippen LogP contribution is -2.52. The zero-order valence-electron chi connectivity index (χ0n) is 17.8. The summed E-state index contributed by atoms with van der Waals surface area (Å²) in [5.74, 6) is 0. The maximum Gasteiger partial charge on any atom is 0.137 e. The molecular weight excluding hydrogens is 358 g/mol. The summed E-state index contributed by atoms with van der Waals surface area (Å²) in [6, 6.07) is 4.25. The fourth-order valence-corrected chi connectivity index (χ4v) is 5.83. The second-order valence-corrected chi connectivity index (χ2v) is 9.38. The normalized spacial score (nSPS) is 29.4. The van der Waals surface area contributed by atoms with E-state index in [9.17, 15) is 0 Å². The Morgan fingerprint density at radius 3 is 2.79 bits per heavy atom. The molecule has 2 aromatic rings. The molecule has 1 spiro atoms. The Morgan fingerprint density at radius 1 is 1.17 bits per heavy atom. The molecule has 2 aliphatic carbocycles. The van der Waals surface area contributed by atoms with Crippen LogP contribution in [0.2, 0.25) is 0 Å². The number of hydrogen-bond acceptors (Lipinski definition) is 3. The first-order chi connectivity index (χ1) is 14.1. The highest BCUT2D eigenvalue weighted by Gasteiger charge is 2.48. The molecule has 3 heterocycles. The third-order valence-electron chi connectivity index (χ3n) is 7.81. The monoisotopic (exact) mass is 391 g/mol. The molecule has 0 aromatic carbocycles. The van der Waals surface area contributed by atoms with Gasteiger partial charge in [-0.1, -0.05) is 23.8 Å². The van der Waals surface area contributed by atoms with E-state index in [4.69, 9.17) is 4.74 Å². The van der Waals surface area contributed by atoms with E-state index >= 15 is 0 Å². The molecule has 0 radical (unpaired) electrons. The van der Waals surface area contributed by atoms with Crippen molar-refractivity contribution in [2.75, 3.05) is 20.7 Å². The van der Waals surface area contributed by atoms with E-state index in [0.717, 1.165) is 31.5 Å². The van der Waals surface area contributed by atoms with Crippen LogP contribution in [0.15, 0.2) is 42.1 Å². The molecule has 1 fully saturated rings. The van der Waals surface area contributed by atoms with E-state index in [1.54, 1.807) is 5.57 Å². The van der Waals surface area contributed by atoms with Crippen LogP contribution in [0.4, 0.5) is 0 Å². The van der Waals surface area contributed by atoms with Crippen molar-refractivity contribution in [2.24, 2.45) is 0 Å². The number of aromatic amines is 1. The van der Waals surface area contributed by atoms with Gasteiger partial charge in [0, 0.05) is 17.1 Å². The van der Waals surface area contributed by atoms with E-state index in [0.29, 0.717) is 0 Å². The van der Waals surface area contributed by atoms with Gasteiger partial charge in [-0.3, -0.25) is 0 Å². The standard InChI is InChI=1S/C25H33N3O/c1-28(2)24(12-10-19-7-4-3-5-8-19)13-15-25(16-14-24)22-20(11-18-29-25)21-9-6-17-26-23(21)27-22/h3-4,6-7,9,17H,5,8,10-16,18H2,1-2H3,(H,26,27). The van der Waals surface area contributed by atoms with Gasteiger partial charge in [-0.05, 0) is 89.6 Å². The molecule has 0 saturated heterocycles. The Kier molecular flexibility index (Phi) is 4.87. The molecule has 0 amide bonds. The predicted octanol–water partition coefficient (Wildman–Crippen LogP) is 5.26. The van der Waals surface area contributed by atoms with E-state index < -0.39 is 0 Å². The summed E-state index contributed by atoms with van der Waals surface area (Å²) < 4.78 is 6.53. The van der Waals surface area contributed by atoms with Crippen LogP contribution in [0.1, 0.15) is 62.6 Å². The van der Waals surface area contributed by atoms with Crippen LogP contribution in [0, 0.1) is 0 Å². The molecule has 3 aliphatic rings. The summed E-state index contributed by atoms with van der Waals surface area (Å²) >= 11 is 0. The minimum absolute atomic E-state index is 0.152. The van der Waals surface area contributed by atoms with Crippen LogP contribution < -0.4 is 0 Å². The lowest BCUT2D eigenvalue weighted by molar-refractivity contribution is -0.113. The van der Waals surface area contributed by atoms with Crippen LogP contribution in [-0.2, 0) is 16.8 Å². The third-order valence-corrected chi connectivity index (χ3v) is 7.81. The summed E-state index contributed by atoms with van der Waals surface area (Å²) in [7, 11) is 4.54. The van der Waals surface area contributed by atoms with Crippen molar-refractivity contribution >= 4 is 11.0 Å². The maximum atomic E-state index is 6.53. The van der Waals surface area contributed by atoms with Crippen LogP contribution in [0.5, 0.6) is 0 Å². The van der Waals surface area contributed by atoms with Gasteiger partial charge >= 0.3 is 0 Å². The van der Waals surface area contributed by atoms with Crippen molar-refractivity contribution < 1.29 is 4.74 Å². The molecule has 4 nitrogen and oxygen atoms in total. The van der Waals surface area contributed by atoms with Crippen LogP contribution >= 0.6 is 0 Å². The van der Waals surface area contributed by atoms with Crippen molar-refractivity contribution in [1.82, 2.24) is 14.9 Å². The first-order valence-corrected chi connectivity index (χ1v) is 11.2. The lowest BCUT2D eigenvalue weighted by atomic mass is 9.68. The minimum Gasteiger partial charge on any atom is -0.368 e. The van der Waals surface area contributed by atoms with Gasteiger partial charge in [-0.15, -0.1) is 0 Å². The summed E-state index contributed by atoms with van der Waals surface area (Å²) in [6.07, 6.45) is 19.2. The van der Waals surface area contributed by atoms with Crippen molar-refractivity contribution in [3.8, 4) is 0 Å². The van der Waals surface area contributed by atoms with Gasteiger partial charge in [0.1, 0.15) is 11.2 Å². The van der Waals surface area contributed by atoms with Gasteiger partial charge in [0.2, 0.25) is 0 Å². The van der Waals surface area contributed by atoms with Crippen LogP contribution in [0.25, 0.3) is 11.0 Å². The number of nitrogens with one attached hydrogen (secondary N) is 1. The summed E-state index contributed by atoms with van der Waals surface area (Å²) in [5.41, 5.74) is 5.51. The van der Waals surface area contributed by atoms with Crippen molar-refractivity contribution in [1.29, 1.82) is 0 Å². The second kappa shape index (κ2) is 7.41. The molecule has 0 atom stereocenters. The molecule has 1 aliphatic heterocycles. The van der Waals surface area contributed by atoms with Gasteiger partial charge in [0.15, 0.2) is 0 Å². The molecule has 1 saturated carbocycles. The molecule has 154 valence electrons. The Hall–Kier alpha value is -1.91. The average Bonchev–Trinajstić information content (AvgIpc) is 3.15. The van der Waals surface area contributed by atoms with Crippen LogP contribution in [-0.4, -0.2) is 41.1 Å². The SMILES string of the molecule is CN(C)C1(CCC2=CC=CCC2)CCC2(CC1)OCCc1c2[nH]c2ncccc12. The number of fused-ring (bicyclic) bond motifs is 4. The molecule has 29 heavy (non-hydrogen) atoms. The Morgan fingerprint density at radius 2 is 2.03 bits per heavy atom. The minimum atomic E-state index is -0.152. The summed E-state index contributed by atoms with van der Waals surface area (Å²) in [5, 5.41) is 1.28. The number of H-pyrrole nitrogens is 1. The smallest absolute Gasteiger partial charge is 0.137 e. The van der Waals surface area contributed by atoms with Crippen molar-refractivity contribution in [3.05, 3.63) is 53.4 Å². The number of ether oxygens (including phenoxy) is 1. The van der Waals surface area contributed by atoms with Crippen molar-refractivity contribution in [3.63, 3.8) is 0 Å². The van der Waals surface area contributed by atoms with E-state index in [1.165, 1.54) is 55.2 Å². The summed E-state index contributed by atoms with van der Waals surface area (Å²) in [4.78, 5) is 10.7. The fourth-order valence-electron chi connectivity index (χ4n) is 5.83. The van der Waals surface area contributed by atoms with E-state index in [2.05, 4.69) is 53.3 Å². The number of nitrogens with zero attached hydrogens (tertiary/aromatic N) is 2. The molecule has 0 bridgehead atoms. The van der Waals surface area contributed by atoms with Gasteiger partial charge in [-0.2, -0.15) is 0 Å². The predicted molar refractivity (Wildman–Crippen MR) is 118 cm³/mol. The van der Waals surface area contributed by atoms with Crippen molar-refractivity contribution in [2.45, 2.75) is 68.9 Å². The molecular formula is C25H33N3O. The fraction of sp³-hybridized carbons (Fsp3) is 0.560. The molecule has 1 N–H and O–H groups in total. The molecule has 2 aromatic heterocycles. The molecule has 0 unspecified atom stereocenters. The van der Waals surface area contributed by atoms with Gasteiger partial charge in [-0.25, -0.2) is 4.98 Å². The topological polar surface area (TPSA) is 41.1 Å².